The van der Waals surface area contributed by atoms with Crippen LogP contribution in [-0.4, -0.2) is 20.2 Å². The van der Waals surface area contributed by atoms with E-state index in [9.17, 15) is 20.6 Å². The summed E-state index contributed by atoms with van der Waals surface area (Å²) in [5, 5.41) is 33.7. The average Bonchev–Trinajstić information content (AvgIpc) is 3.15. The smallest absolute Gasteiger partial charge is 0.270 e. The number of aromatic nitrogens is 2. The van der Waals surface area contributed by atoms with Gasteiger partial charge in [0.05, 0.1) is 32.8 Å². The van der Waals surface area contributed by atoms with Crippen LogP contribution < -0.4 is 5.32 Å². The van der Waals surface area contributed by atoms with Crippen molar-refractivity contribution in [2.75, 3.05) is 11.2 Å². The van der Waals surface area contributed by atoms with Crippen molar-refractivity contribution in [3.63, 3.8) is 0 Å². The molecule has 152 valence electrons. The fraction of sp³-hybridized carbons (Fsp3) is 0.136. The van der Waals surface area contributed by atoms with E-state index in [1.165, 1.54) is 18.2 Å². The van der Waals surface area contributed by atoms with Gasteiger partial charge in [0.2, 0.25) is 0 Å². The standard InChI is InChI=1S/C22H15ClN6O2/c1-13-16(8-9-23)21(26-18-7-6-15(29(30)31)10-14(18)11-24)28-20-5-3-2-4-19(20)27-22(28)17(13)12-25/h2-7,10,26H,8-9H2,1H3. The van der Waals surface area contributed by atoms with Crippen molar-refractivity contribution in [3.8, 4) is 12.1 Å². The fourth-order valence-electron chi connectivity index (χ4n) is 3.69. The molecule has 9 heteroatoms. The van der Waals surface area contributed by atoms with E-state index in [0.717, 1.165) is 16.6 Å². The Labute approximate surface area is 182 Å². The van der Waals surface area contributed by atoms with Crippen LogP contribution in [0.1, 0.15) is 22.3 Å². The van der Waals surface area contributed by atoms with Crippen molar-refractivity contribution in [1.82, 2.24) is 9.38 Å². The van der Waals surface area contributed by atoms with Crippen LogP contribution in [0.3, 0.4) is 0 Å². The molecule has 0 aliphatic rings. The number of hydrogen-bond donors (Lipinski definition) is 1. The number of nitrogens with zero attached hydrogens (tertiary/aromatic N) is 5. The molecule has 0 saturated carbocycles. The van der Waals surface area contributed by atoms with Crippen molar-refractivity contribution in [3.05, 3.63) is 74.8 Å². The highest BCUT2D eigenvalue weighted by molar-refractivity contribution is 6.18. The molecule has 0 aliphatic heterocycles. The molecular formula is C22H15ClN6O2. The minimum Gasteiger partial charge on any atom is -0.340 e. The highest BCUT2D eigenvalue weighted by Gasteiger charge is 2.21. The van der Waals surface area contributed by atoms with Gasteiger partial charge in [-0.15, -0.1) is 11.6 Å². The monoisotopic (exact) mass is 430 g/mol. The van der Waals surface area contributed by atoms with Crippen LogP contribution in [0.4, 0.5) is 17.2 Å². The van der Waals surface area contributed by atoms with Crippen molar-refractivity contribution in [1.29, 1.82) is 10.5 Å². The molecule has 0 amide bonds. The Kier molecular flexibility index (Phi) is 5.16. The first-order valence-corrected chi connectivity index (χ1v) is 9.87. The van der Waals surface area contributed by atoms with Gasteiger partial charge < -0.3 is 5.32 Å². The maximum absolute atomic E-state index is 11.1. The minimum absolute atomic E-state index is 0.130. The van der Waals surface area contributed by atoms with Crippen LogP contribution in [0.15, 0.2) is 42.5 Å². The average molecular weight is 431 g/mol. The van der Waals surface area contributed by atoms with Crippen LogP contribution in [0, 0.1) is 39.7 Å². The molecule has 0 saturated heterocycles. The summed E-state index contributed by atoms with van der Waals surface area (Å²) in [4.78, 5) is 15.2. The maximum atomic E-state index is 11.1. The Balaban J connectivity index is 2.06. The van der Waals surface area contributed by atoms with Crippen molar-refractivity contribution in [2.45, 2.75) is 13.3 Å². The second-order valence-corrected chi connectivity index (χ2v) is 7.24. The number of halogens is 1. The molecule has 4 aromatic rings. The number of nitro groups is 1. The molecule has 1 N–H and O–H groups in total. The summed E-state index contributed by atoms with van der Waals surface area (Å²) in [6.07, 6.45) is 0.474. The lowest BCUT2D eigenvalue weighted by Gasteiger charge is -2.19. The van der Waals surface area contributed by atoms with E-state index in [-0.39, 0.29) is 11.3 Å². The number of nitro benzene ring substituents is 1. The number of nitriles is 2. The summed E-state index contributed by atoms with van der Waals surface area (Å²) in [7, 11) is 0. The van der Waals surface area contributed by atoms with Gasteiger partial charge >= 0.3 is 0 Å². The summed E-state index contributed by atoms with van der Waals surface area (Å²) in [5.74, 6) is 0.940. The van der Waals surface area contributed by atoms with Crippen LogP contribution in [-0.2, 0) is 6.42 Å². The number of alkyl halides is 1. The Bertz CT molecular complexity index is 1440. The Morgan fingerprint density at radius 3 is 2.68 bits per heavy atom. The second-order valence-electron chi connectivity index (χ2n) is 6.86. The summed E-state index contributed by atoms with van der Waals surface area (Å²) in [6.45, 7) is 1.84. The van der Waals surface area contributed by atoms with Gasteiger partial charge in [0.1, 0.15) is 18.0 Å². The van der Waals surface area contributed by atoms with Crippen LogP contribution in [0.25, 0.3) is 16.7 Å². The zero-order valence-corrected chi connectivity index (χ0v) is 17.1. The lowest BCUT2D eigenvalue weighted by Crippen LogP contribution is -2.09. The first-order valence-electron chi connectivity index (χ1n) is 9.34. The SMILES string of the molecule is Cc1c(CCCl)c(Nc2ccc([N+](=O)[O-])cc2C#N)n2c(nc3ccccc32)c1C#N. The van der Waals surface area contributed by atoms with E-state index < -0.39 is 4.92 Å². The molecule has 0 aliphatic carbocycles. The van der Waals surface area contributed by atoms with Gasteiger partial charge in [-0.2, -0.15) is 10.5 Å². The highest BCUT2D eigenvalue weighted by Crippen LogP contribution is 2.34. The number of benzene rings is 2. The van der Waals surface area contributed by atoms with Gasteiger partial charge in [0.25, 0.3) is 5.69 Å². The van der Waals surface area contributed by atoms with E-state index in [2.05, 4.69) is 16.4 Å². The van der Waals surface area contributed by atoms with Crippen LogP contribution in [0.5, 0.6) is 0 Å². The molecule has 4 rings (SSSR count). The molecule has 0 spiro atoms. The number of anilines is 2. The number of hydrogen-bond acceptors (Lipinski definition) is 6. The molecule has 8 nitrogen and oxygen atoms in total. The number of fused-ring (bicyclic) bond motifs is 3. The number of nitrogens with one attached hydrogen (secondary N) is 1. The number of pyridine rings is 1. The summed E-state index contributed by atoms with van der Waals surface area (Å²) in [6, 6.07) is 15.8. The number of non-ortho nitro benzene ring substituents is 1. The summed E-state index contributed by atoms with van der Waals surface area (Å²) in [5.41, 5.74) is 4.36. The van der Waals surface area contributed by atoms with Crippen molar-refractivity contribution < 1.29 is 4.92 Å². The molecule has 0 radical (unpaired) electrons. The largest absolute Gasteiger partial charge is 0.340 e. The third-order valence-corrected chi connectivity index (χ3v) is 5.35. The highest BCUT2D eigenvalue weighted by atomic mass is 35.5. The lowest BCUT2D eigenvalue weighted by atomic mass is 10.0. The first-order chi connectivity index (χ1) is 15.0. The van der Waals surface area contributed by atoms with Crippen LogP contribution >= 0.6 is 11.6 Å². The summed E-state index contributed by atoms with van der Waals surface area (Å²) < 4.78 is 1.84. The van der Waals surface area contributed by atoms with E-state index in [4.69, 9.17) is 11.6 Å². The normalized spacial score (nSPS) is 10.7. The third-order valence-electron chi connectivity index (χ3n) is 5.17. The first kappa shape index (κ1) is 20.1. The molecule has 2 aromatic heterocycles. The van der Waals surface area contributed by atoms with E-state index in [1.807, 2.05) is 41.7 Å². The van der Waals surface area contributed by atoms with E-state index in [0.29, 0.717) is 40.5 Å². The molecular weight excluding hydrogens is 416 g/mol. The summed E-state index contributed by atoms with van der Waals surface area (Å²) >= 11 is 6.07. The van der Waals surface area contributed by atoms with Crippen LogP contribution in [0.2, 0.25) is 0 Å². The number of rotatable bonds is 5. The Morgan fingerprint density at radius 2 is 2.00 bits per heavy atom. The second kappa shape index (κ2) is 7.94. The predicted octanol–water partition coefficient (Wildman–Crippen LogP) is 4.97. The maximum Gasteiger partial charge on any atom is 0.270 e. The molecule has 31 heavy (non-hydrogen) atoms. The zero-order chi connectivity index (χ0) is 22.1. The quantitative estimate of drug-likeness (QED) is 0.271. The molecule has 0 atom stereocenters. The lowest BCUT2D eigenvalue weighted by molar-refractivity contribution is -0.384. The molecule has 2 heterocycles. The zero-order valence-electron chi connectivity index (χ0n) is 16.4. The Morgan fingerprint density at radius 1 is 1.23 bits per heavy atom. The number of para-hydroxylation sites is 2. The third kappa shape index (κ3) is 3.29. The predicted molar refractivity (Wildman–Crippen MR) is 118 cm³/mol. The topological polar surface area (TPSA) is 120 Å². The van der Waals surface area contributed by atoms with Gasteiger partial charge in [0, 0.05) is 18.0 Å². The van der Waals surface area contributed by atoms with Gasteiger partial charge in [-0.25, -0.2) is 4.98 Å². The molecule has 0 bridgehead atoms. The molecule has 0 unspecified atom stereocenters. The van der Waals surface area contributed by atoms with E-state index >= 15 is 0 Å². The number of imidazole rings is 1. The fourth-order valence-corrected chi connectivity index (χ4v) is 3.88. The van der Waals surface area contributed by atoms with Gasteiger partial charge in [-0.05, 0) is 42.7 Å². The minimum atomic E-state index is -0.545. The van der Waals surface area contributed by atoms with Crippen molar-refractivity contribution in [2.24, 2.45) is 0 Å². The van der Waals surface area contributed by atoms with E-state index in [1.54, 1.807) is 0 Å². The van der Waals surface area contributed by atoms with Gasteiger partial charge in [-0.3, -0.25) is 14.5 Å². The van der Waals surface area contributed by atoms with Gasteiger partial charge in [-0.1, -0.05) is 12.1 Å². The Hall–Kier alpha value is -4.14. The molecule has 0 fully saturated rings. The van der Waals surface area contributed by atoms with Crippen molar-refractivity contribution >= 4 is 45.5 Å². The molecule has 2 aromatic carbocycles. The van der Waals surface area contributed by atoms with Gasteiger partial charge in [0.15, 0.2) is 5.65 Å².